The van der Waals surface area contributed by atoms with Gasteiger partial charge in [-0.1, -0.05) is 6.07 Å². The Morgan fingerprint density at radius 1 is 1.53 bits per heavy atom. The molecule has 0 spiro atoms. The van der Waals surface area contributed by atoms with Gasteiger partial charge >= 0.3 is 5.97 Å². The van der Waals surface area contributed by atoms with Gasteiger partial charge in [-0.25, -0.2) is 4.98 Å². The first kappa shape index (κ1) is 12.2. The third kappa shape index (κ3) is 2.33. The van der Waals surface area contributed by atoms with Crippen LogP contribution in [-0.2, 0) is 11.3 Å². The van der Waals surface area contributed by atoms with Crippen LogP contribution in [-0.4, -0.2) is 34.0 Å². The lowest BCUT2D eigenvalue weighted by molar-refractivity contribution is -0.146. The highest BCUT2D eigenvalue weighted by Gasteiger charge is 2.36. The highest BCUT2D eigenvalue weighted by atomic mass is 16.4. The molecular weight excluding hydrogens is 244 g/mol. The summed E-state index contributed by atoms with van der Waals surface area (Å²) in [5, 5.41) is 8.88. The van der Waals surface area contributed by atoms with Gasteiger partial charge in [0.25, 0.3) is 0 Å². The molecule has 3 rings (SSSR count). The Kier molecular flexibility index (Phi) is 2.98. The summed E-state index contributed by atoms with van der Waals surface area (Å²) in [5.41, 5.74) is 2.81. The molecular formula is C14H16N2O3. The largest absolute Gasteiger partial charge is 0.481 e. The molecule has 2 aromatic rings. The van der Waals surface area contributed by atoms with E-state index in [2.05, 4.69) is 9.88 Å². The van der Waals surface area contributed by atoms with Gasteiger partial charge in [0.1, 0.15) is 5.52 Å². The van der Waals surface area contributed by atoms with Crippen LogP contribution in [0.25, 0.3) is 11.1 Å². The van der Waals surface area contributed by atoms with Crippen molar-refractivity contribution in [1.82, 2.24) is 9.88 Å². The first-order chi connectivity index (χ1) is 9.13. The molecule has 0 atom stereocenters. The van der Waals surface area contributed by atoms with Crippen LogP contribution in [0, 0.1) is 5.92 Å². The maximum Gasteiger partial charge on any atom is 0.306 e. The second kappa shape index (κ2) is 4.66. The van der Waals surface area contributed by atoms with E-state index in [0.29, 0.717) is 6.04 Å². The third-order valence-corrected chi connectivity index (χ3v) is 3.91. The first-order valence-corrected chi connectivity index (χ1v) is 6.38. The molecule has 19 heavy (non-hydrogen) atoms. The van der Waals surface area contributed by atoms with E-state index in [-0.39, 0.29) is 5.92 Å². The molecule has 0 unspecified atom stereocenters. The van der Waals surface area contributed by atoms with Crippen LogP contribution < -0.4 is 0 Å². The Hall–Kier alpha value is -1.88. The van der Waals surface area contributed by atoms with E-state index in [1.165, 1.54) is 6.39 Å². The number of fused-ring (bicyclic) bond motifs is 1. The normalized spacial score (nSPS) is 22.6. The van der Waals surface area contributed by atoms with E-state index < -0.39 is 5.97 Å². The summed E-state index contributed by atoms with van der Waals surface area (Å²) in [7, 11) is 2.04. The van der Waals surface area contributed by atoms with Crippen LogP contribution in [0.1, 0.15) is 18.4 Å². The highest BCUT2D eigenvalue weighted by molar-refractivity contribution is 5.72. The summed E-state index contributed by atoms with van der Waals surface area (Å²) in [5.74, 6) is -0.836. The average Bonchev–Trinajstić information content (AvgIpc) is 2.73. The van der Waals surface area contributed by atoms with Crippen molar-refractivity contribution in [2.75, 3.05) is 7.05 Å². The lowest BCUT2D eigenvalue weighted by Crippen LogP contribution is -2.44. The smallest absolute Gasteiger partial charge is 0.306 e. The number of rotatable bonds is 4. The molecule has 1 fully saturated rings. The van der Waals surface area contributed by atoms with E-state index >= 15 is 0 Å². The average molecular weight is 260 g/mol. The number of carbonyl (C=O) groups is 1. The molecule has 0 aliphatic heterocycles. The minimum atomic E-state index is -0.673. The van der Waals surface area contributed by atoms with Gasteiger partial charge in [0.05, 0.1) is 5.92 Å². The molecule has 1 aliphatic carbocycles. The van der Waals surface area contributed by atoms with Crippen molar-refractivity contribution in [3.05, 3.63) is 30.2 Å². The molecule has 1 N–H and O–H groups in total. The molecule has 1 aromatic carbocycles. The monoisotopic (exact) mass is 260 g/mol. The first-order valence-electron chi connectivity index (χ1n) is 6.38. The number of carboxylic acids is 1. The zero-order chi connectivity index (χ0) is 13.4. The molecule has 1 heterocycles. The van der Waals surface area contributed by atoms with Gasteiger partial charge in [-0.3, -0.25) is 9.69 Å². The molecule has 0 radical (unpaired) electrons. The number of aliphatic carboxylic acids is 1. The van der Waals surface area contributed by atoms with E-state index in [9.17, 15) is 4.79 Å². The molecule has 0 amide bonds. The van der Waals surface area contributed by atoms with Gasteiger partial charge < -0.3 is 9.52 Å². The molecule has 5 nitrogen and oxygen atoms in total. The lowest BCUT2D eigenvalue weighted by atomic mass is 9.79. The molecule has 100 valence electrons. The van der Waals surface area contributed by atoms with Crippen LogP contribution in [0.5, 0.6) is 0 Å². The number of hydrogen-bond donors (Lipinski definition) is 1. The van der Waals surface area contributed by atoms with Gasteiger partial charge in [-0.2, -0.15) is 0 Å². The number of nitrogens with zero attached hydrogens (tertiary/aromatic N) is 2. The molecule has 5 heteroatoms. The Balaban J connectivity index is 1.63. The van der Waals surface area contributed by atoms with Crippen LogP contribution >= 0.6 is 0 Å². The Labute approximate surface area is 110 Å². The number of carboxylic acid groups (broad SMARTS) is 1. The molecule has 1 saturated carbocycles. The van der Waals surface area contributed by atoms with Crippen molar-refractivity contribution in [3.8, 4) is 0 Å². The van der Waals surface area contributed by atoms with E-state index in [0.717, 1.165) is 36.0 Å². The van der Waals surface area contributed by atoms with Crippen LogP contribution in [0.2, 0.25) is 0 Å². The summed E-state index contributed by atoms with van der Waals surface area (Å²) in [6.45, 7) is 0.799. The highest BCUT2D eigenvalue weighted by Crippen LogP contribution is 2.32. The Morgan fingerprint density at radius 2 is 2.32 bits per heavy atom. The van der Waals surface area contributed by atoms with Crippen LogP contribution in [0.15, 0.2) is 29.0 Å². The predicted molar refractivity (Wildman–Crippen MR) is 69.6 cm³/mol. The summed E-state index contributed by atoms with van der Waals surface area (Å²) < 4.78 is 5.28. The molecule has 1 aromatic heterocycles. The standard InChI is InChI=1S/C14H16N2O3/c1-16(11-5-10(6-11)14(17)18)7-9-2-3-12-13(4-9)19-8-15-12/h2-4,8,10-11H,5-7H2,1H3,(H,17,18). The molecule has 0 bridgehead atoms. The minimum absolute atomic E-state index is 0.163. The summed E-state index contributed by atoms with van der Waals surface area (Å²) >= 11 is 0. The maximum absolute atomic E-state index is 10.8. The van der Waals surface area contributed by atoms with Crippen molar-refractivity contribution >= 4 is 17.1 Å². The number of oxazole rings is 1. The quantitative estimate of drug-likeness (QED) is 0.912. The third-order valence-electron chi connectivity index (χ3n) is 3.91. The molecule has 0 saturated heterocycles. The van der Waals surface area contributed by atoms with Crippen molar-refractivity contribution in [1.29, 1.82) is 0 Å². The lowest BCUT2D eigenvalue weighted by Gasteiger charge is -2.39. The summed E-state index contributed by atoms with van der Waals surface area (Å²) in [6, 6.07) is 6.34. The fourth-order valence-electron chi connectivity index (χ4n) is 2.56. The van der Waals surface area contributed by atoms with Crippen molar-refractivity contribution in [2.45, 2.75) is 25.4 Å². The van der Waals surface area contributed by atoms with Crippen LogP contribution in [0.3, 0.4) is 0 Å². The summed E-state index contributed by atoms with van der Waals surface area (Å²) in [6.07, 6.45) is 2.94. The van der Waals surface area contributed by atoms with E-state index in [4.69, 9.17) is 9.52 Å². The zero-order valence-electron chi connectivity index (χ0n) is 10.7. The zero-order valence-corrected chi connectivity index (χ0v) is 10.7. The van der Waals surface area contributed by atoms with Gasteiger partial charge in [0.2, 0.25) is 0 Å². The SMILES string of the molecule is CN(Cc1ccc2ncoc2c1)C1CC(C(=O)O)C1. The van der Waals surface area contributed by atoms with Crippen molar-refractivity contribution in [3.63, 3.8) is 0 Å². The Morgan fingerprint density at radius 3 is 3.05 bits per heavy atom. The minimum Gasteiger partial charge on any atom is -0.481 e. The van der Waals surface area contributed by atoms with E-state index in [1.54, 1.807) is 0 Å². The second-order valence-electron chi connectivity index (χ2n) is 5.23. The fraction of sp³-hybridized carbons (Fsp3) is 0.429. The fourth-order valence-corrected chi connectivity index (χ4v) is 2.56. The predicted octanol–water partition coefficient (Wildman–Crippen LogP) is 2.12. The van der Waals surface area contributed by atoms with Gasteiger partial charge in [-0.15, -0.1) is 0 Å². The number of aromatic nitrogens is 1. The van der Waals surface area contributed by atoms with Gasteiger partial charge in [0, 0.05) is 12.6 Å². The maximum atomic E-state index is 10.8. The van der Waals surface area contributed by atoms with Crippen LogP contribution in [0.4, 0.5) is 0 Å². The summed E-state index contributed by atoms with van der Waals surface area (Å²) in [4.78, 5) is 17.1. The van der Waals surface area contributed by atoms with E-state index in [1.807, 2.05) is 25.2 Å². The number of benzene rings is 1. The van der Waals surface area contributed by atoms with Gasteiger partial charge in [-0.05, 0) is 37.6 Å². The van der Waals surface area contributed by atoms with Gasteiger partial charge in [0.15, 0.2) is 12.0 Å². The topological polar surface area (TPSA) is 66.6 Å². The molecule has 1 aliphatic rings. The van der Waals surface area contributed by atoms with Crippen molar-refractivity contribution < 1.29 is 14.3 Å². The second-order valence-corrected chi connectivity index (χ2v) is 5.23. The van der Waals surface area contributed by atoms with Crippen molar-refractivity contribution in [2.24, 2.45) is 5.92 Å². The number of hydrogen-bond acceptors (Lipinski definition) is 4. The Bertz CT molecular complexity index is 602.